The molecule has 1 N–H and O–H groups in total. The number of aromatic hydroxyl groups is 1. The van der Waals surface area contributed by atoms with Gasteiger partial charge in [0.2, 0.25) is 5.91 Å². The minimum absolute atomic E-state index is 0.00274. The molecule has 0 aliphatic carbocycles. The number of phenolic OH excluding ortho intramolecular Hbond substituents is 1. The number of carbonyl (C=O) groups is 1. The molecule has 1 atom stereocenters. The van der Waals surface area contributed by atoms with E-state index < -0.39 is 0 Å². The van der Waals surface area contributed by atoms with Crippen LogP contribution in [-0.4, -0.2) is 36.0 Å². The van der Waals surface area contributed by atoms with Crippen molar-refractivity contribution in [3.8, 4) is 11.5 Å². The van der Waals surface area contributed by atoms with Gasteiger partial charge in [-0.1, -0.05) is 13.0 Å². The zero-order chi connectivity index (χ0) is 13.7. The number of halogens is 1. The molecule has 0 heterocycles. The number of nitrogens with zero attached hydrogens (tertiary/aromatic N) is 1. The Morgan fingerprint density at radius 1 is 1.56 bits per heavy atom. The van der Waals surface area contributed by atoms with E-state index in [1.54, 1.807) is 37.1 Å². The maximum atomic E-state index is 11.9. The van der Waals surface area contributed by atoms with Gasteiger partial charge in [-0.25, -0.2) is 0 Å². The topological polar surface area (TPSA) is 49.8 Å². The second-order valence-electron chi connectivity index (χ2n) is 4.26. The number of phenols is 1. The molecule has 0 bridgehead atoms. The van der Waals surface area contributed by atoms with Crippen LogP contribution in [0.1, 0.15) is 12.5 Å². The minimum atomic E-state index is -0.198. The lowest BCUT2D eigenvalue weighted by atomic mass is 10.1. The van der Waals surface area contributed by atoms with Crippen molar-refractivity contribution in [3.05, 3.63) is 23.8 Å². The first-order valence-corrected chi connectivity index (χ1v) is 6.19. The summed E-state index contributed by atoms with van der Waals surface area (Å²) in [7, 11) is 3.22. The van der Waals surface area contributed by atoms with E-state index in [-0.39, 0.29) is 17.6 Å². The van der Waals surface area contributed by atoms with Crippen LogP contribution in [0.5, 0.6) is 11.5 Å². The Labute approximate surface area is 112 Å². The lowest BCUT2D eigenvalue weighted by molar-refractivity contribution is -0.133. The van der Waals surface area contributed by atoms with Crippen molar-refractivity contribution in [2.75, 3.05) is 20.0 Å². The first kappa shape index (κ1) is 14.6. The van der Waals surface area contributed by atoms with Gasteiger partial charge in [-0.15, -0.1) is 11.6 Å². The summed E-state index contributed by atoms with van der Waals surface area (Å²) in [6, 6.07) is 5.02. The van der Waals surface area contributed by atoms with Crippen molar-refractivity contribution in [2.45, 2.75) is 13.5 Å². The molecule has 1 unspecified atom stereocenters. The maximum Gasteiger partial charge on any atom is 0.226 e. The van der Waals surface area contributed by atoms with E-state index in [9.17, 15) is 9.90 Å². The summed E-state index contributed by atoms with van der Waals surface area (Å²) in [5.74, 6) is 0.595. The molecule has 0 aromatic heterocycles. The van der Waals surface area contributed by atoms with E-state index in [0.29, 0.717) is 18.2 Å². The van der Waals surface area contributed by atoms with Crippen molar-refractivity contribution < 1.29 is 14.6 Å². The van der Waals surface area contributed by atoms with Gasteiger partial charge in [-0.3, -0.25) is 4.79 Å². The molecule has 18 heavy (non-hydrogen) atoms. The standard InChI is InChI=1S/C13H18ClNO3/c1-9(7-14)13(17)15(2)8-10-4-5-11(16)12(6-10)18-3/h4-6,9,16H,7-8H2,1-3H3. The predicted octanol–water partition coefficient (Wildman–Crippen LogP) is 2.23. The van der Waals surface area contributed by atoms with Crippen molar-refractivity contribution in [1.29, 1.82) is 0 Å². The van der Waals surface area contributed by atoms with E-state index >= 15 is 0 Å². The monoisotopic (exact) mass is 271 g/mol. The minimum Gasteiger partial charge on any atom is -0.504 e. The van der Waals surface area contributed by atoms with Crippen LogP contribution in [0.3, 0.4) is 0 Å². The summed E-state index contributed by atoms with van der Waals surface area (Å²) in [5.41, 5.74) is 0.891. The molecular formula is C13H18ClNO3. The van der Waals surface area contributed by atoms with Crippen LogP contribution in [0.4, 0.5) is 0 Å². The zero-order valence-electron chi connectivity index (χ0n) is 10.8. The van der Waals surface area contributed by atoms with Crippen LogP contribution in [0.15, 0.2) is 18.2 Å². The normalized spacial score (nSPS) is 12.0. The number of ether oxygens (including phenoxy) is 1. The van der Waals surface area contributed by atoms with Gasteiger partial charge in [0.05, 0.1) is 7.11 Å². The molecule has 1 aromatic carbocycles. The van der Waals surface area contributed by atoms with Crippen LogP contribution in [0.25, 0.3) is 0 Å². The highest BCUT2D eigenvalue weighted by atomic mass is 35.5. The van der Waals surface area contributed by atoms with E-state index in [1.807, 2.05) is 0 Å². The summed E-state index contributed by atoms with van der Waals surface area (Å²) >= 11 is 5.66. The smallest absolute Gasteiger partial charge is 0.226 e. The molecule has 0 aliphatic rings. The highest BCUT2D eigenvalue weighted by Gasteiger charge is 2.16. The molecular weight excluding hydrogens is 254 g/mol. The van der Waals surface area contributed by atoms with Gasteiger partial charge < -0.3 is 14.7 Å². The Bertz CT molecular complexity index is 423. The second-order valence-corrected chi connectivity index (χ2v) is 4.56. The highest BCUT2D eigenvalue weighted by molar-refractivity contribution is 6.19. The van der Waals surface area contributed by atoms with Crippen molar-refractivity contribution in [1.82, 2.24) is 4.90 Å². The average Bonchev–Trinajstić information content (AvgIpc) is 2.38. The first-order chi connectivity index (χ1) is 8.49. The largest absolute Gasteiger partial charge is 0.504 e. The summed E-state index contributed by atoms with van der Waals surface area (Å²) < 4.78 is 5.02. The van der Waals surface area contributed by atoms with Gasteiger partial charge in [-0.05, 0) is 17.7 Å². The lowest BCUT2D eigenvalue weighted by Crippen LogP contribution is -2.31. The Kier molecular flexibility index (Phi) is 5.28. The molecule has 1 rings (SSSR count). The van der Waals surface area contributed by atoms with E-state index in [2.05, 4.69) is 0 Å². The molecule has 1 aromatic rings. The van der Waals surface area contributed by atoms with Crippen LogP contribution >= 0.6 is 11.6 Å². The number of methoxy groups -OCH3 is 1. The van der Waals surface area contributed by atoms with Gasteiger partial charge in [0.1, 0.15) is 0 Å². The Morgan fingerprint density at radius 2 is 2.22 bits per heavy atom. The number of alkyl halides is 1. The molecule has 0 spiro atoms. The number of amides is 1. The predicted molar refractivity (Wildman–Crippen MR) is 71.0 cm³/mol. The van der Waals surface area contributed by atoms with Crippen LogP contribution < -0.4 is 4.74 Å². The Hall–Kier alpha value is -1.42. The molecule has 0 saturated carbocycles. The lowest BCUT2D eigenvalue weighted by Gasteiger charge is -2.20. The number of hydrogen-bond donors (Lipinski definition) is 1. The molecule has 0 aliphatic heterocycles. The van der Waals surface area contributed by atoms with Gasteiger partial charge in [0.15, 0.2) is 11.5 Å². The van der Waals surface area contributed by atoms with Gasteiger partial charge in [0, 0.05) is 25.4 Å². The van der Waals surface area contributed by atoms with Gasteiger partial charge >= 0.3 is 0 Å². The quantitative estimate of drug-likeness (QED) is 0.836. The summed E-state index contributed by atoms with van der Waals surface area (Å²) in [6.45, 7) is 2.25. The fourth-order valence-corrected chi connectivity index (χ4v) is 1.75. The number of carbonyl (C=O) groups excluding carboxylic acids is 1. The molecule has 0 fully saturated rings. The highest BCUT2D eigenvalue weighted by Crippen LogP contribution is 2.26. The first-order valence-electron chi connectivity index (χ1n) is 5.66. The summed E-state index contributed by atoms with van der Waals surface area (Å²) in [4.78, 5) is 13.5. The van der Waals surface area contributed by atoms with Gasteiger partial charge in [-0.2, -0.15) is 0 Å². The summed E-state index contributed by atoms with van der Waals surface area (Å²) in [5, 5.41) is 9.48. The van der Waals surface area contributed by atoms with E-state index in [0.717, 1.165) is 5.56 Å². The average molecular weight is 272 g/mol. The maximum absolute atomic E-state index is 11.9. The Morgan fingerprint density at radius 3 is 2.78 bits per heavy atom. The SMILES string of the molecule is COc1cc(CN(C)C(=O)C(C)CCl)ccc1O. The summed E-state index contributed by atoms with van der Waals surface area (Å²) in [6.07, 6.45) is 0. The van der Waals surface area contributed by atoms with Gasteiger partial charge in [0.25, 0.3) is 0 Å². The van der Waals surface area contributed by atoms with E-state index in [1.165, 1.54) is 7.11 Å². The molecule has 5 heteroatoms. The van der Waals surface area contributed by atoms with Crippen molar-refractivity contribution in [2.24, 2.45) is 5.92 Å². The van der Waals surface area contributed by atoms with E-state index in [4.69, 9.17) is 16.3 Å². The molecule has 100 valence electrons. The third-order valence-electron chi connectivity index (χ3n) is 2.69. The number of rotatable bonds is 5. The van der Waals surface area contributed by atoms with Crippen LogP contribution in [0, 0.1) is 5.92 Å². The van der Waals surface area contributed by atoms with Crippen molar-refractivity contribution in [3.63, 3.8) is 0 Å². The fraction of sp³-hybridized carbons (Fsp3) is 0.462. The van der Waals surface area contributed by atoms with Crippen LogP contribution in [0.2, 0.25) is 0 Å². The number of benzene rings is 1. The second kappa shape index (κ2) is 6.50. The third-order valence-corrected chi connectivity index (χ3v) is 3.16. The fourth-order valence-electron chi connectivity index (χ4n) is 1.61. The van der Waals surface area contributed by atoms with Crippen LogP contribution in [-0.2, 0) is 11.3 Å². The molecule has 1 amide bonds. The third kappa shape index (κ3) is 3.53. The zero-order valence-corrected chi connectivity index (χ0v) is 11.6. The Balaban J connectivity index is 2.75. The molecule has 4 nitrogen and oxygen atoms in total. The number of hydrogen-bond acceptors (Lipinski definition) is 3. The van der Waals surface area contributed by atoms with Crippen molar-refractivity contribution >= 4 is 17.5 Å². The molecule has 0 radical (unpaired) electrons. The molecule has 0 saturated heterocycles.